The molecule has 1 fully saturated rings. The molecular formula is C25H22F3N5O. The highest BCUT2D eigenvalue weighted by Crippen LogP contribution is 2.49. The molecule has 0 N–H and O–H groups in total. The van der Waals surface area contributed by atoms with E-state index in [2.05, 4.69) is 10.1 Å². The van der Waals surface area contributed by atoms with Crippen LogP contribution in [0.25, 0.3) is 5.65 Å². The first-order valence-electron chi connectivity index (χ1n) is 11.2. The molecule has 0 radical (unpaired) electrons. The fraction of sp³-hybridized carbons (Fsp3) is 0.320. The standard InChI is InChI=1S/C25H22F3N5O/c1-14-20-22(17-4-3-16(12-18(17)26)33-9-6-25(27,28)13-33)21(24(34)23(20)30-31(14)2)15-5-8-32-10-7-29-19(32)11-15/h3-5,7-8,10-12,21-22H,6,9,13H2,1-2H3. The summed E-state index contributed by atoms with van der Waals surface area (Å²) in [4.78, 5) is 19.4. The van der Waals surface area contributed by atoms with Crippen molar-refractivity contribution in [2.75, 3.05) is 18.0 Å². The minimum atomic E-state index is -2.77. The monoisotopic (exact) mass is 465 g/mol. The first kappa shape index (κ1) is 20.9. The van der Waals surface area contributed by atoms with Gasteiger partial charge in [0.1, 0.15) is 17.2 Å². The normalized spacial score (nSPS) is 21.6. The van der Waals surface area contributed by atoms with Gasteiger partial charge in [0.25, 0.3) is 5.92 Å². The Hall–Kier alpha value is -3.62. The second kappa shape index (κ2) is 7.19. The number of ketones is 1. The van der Waals surface area contributed by atoms with Crippen LogP contribution in [0.5, 0.6) is 0 Å². The van der Waals surface area contributed by atoms with Gasteiger partial charge in [0, 0.05) is 61.5 Å². The molecule has 2 unspecified atom stereocenters. The zero-order valence-corrected chi connectivity index (χ0v) is 18.7. The lowest BCUT2D eigenvalue weighted by Crippen LogP contribution is -2.25. The summed E-state index contributed by atoms with van der Waals surface area (Å²) in [5, 5.41) is 4.43. The highest BCUT2D eigenvalue weighted by atomic mass is 19.3. The molecule has 4 heterocycles. The molecule has 0 amide bonds. The third kappa shape index (κ3) is 3.06. The van der Waals surface area contributed by atoms with Crippen molar-refractivity contribution in [2.24, 2.45) is 7.05 Å². The lowest BCUT2D eigenvalue weighted by atomic mass is 9.81. The topological polar surface area (TPSA) is 55.4 Å². The second-order valence-corrected chi connectivity index (χ2v) is 9.18. The molecule has 1 aliphatic heterocycles. The number of nitrogens with zero attached hydrogens (tertiary/aromatic N) is 5. The number of carbonyl (C=O) groups is 1. The molecule has 2 atom stereocenters. The largest absolute Gasteiger partial charge is 0.365 e. The number of hydrogen-bond donors (Lipinski definition) is 0. The van der Waals surface area contributed by atoms with E-state index >= 15 is 4.39 Å². The number of aromatic nitrogens is 4. The fourth-order valence-corrected chi connectivity index (χ4v) is 5.36. The number of pyridine rings is 1. The van der Waals surface area contributed by atoms with Gasteiger partial charge in [-0.05, 0) is 42.3 Å². The highest BCUT2D eigenvalue weighted by molar-refractivity contribution is 6.06. The summed E-state index contributed by atoms with van der Waals surface area (Å²) < 4.78 is 46.5. The van der Waals surface area contributed by atoms with Crippen LogP contribution >= 0.6 is 0 Å². The Morgan fingerprint density at radius 1 is 1.12 bits per heavy atom. The van der Waals surface area contributed by atoms with Gasteiger partial charge in [-0.1, -0.05) is 6.07 Å². The number of fused-ring (bicyclic) bond motifs is 2. The van der Waals surface area contributed by atoms with Gasteiger partial charge in [0.2, 0.25) is 0 Å². The van der Waals surface area contributed by atoms with Crippen molar-refractivity contribution in [2.45, 2.75) is 31.1 Å². The van der Waals surface area contributed by atoms with Crippen molar-refractivity contribution in [1.82, 2.24) is 19.2 Å². The van der Waals surface area contributed by atoms with Gasteiger partial charge in [-0.25, -0.2) is 18.2 Å². The molecule has 6 nitrogen and oxygen atoms in total. The average Bonchev–Trinajstić information content (AvgIpc) is 3.54. The zero-order valence-electron chi connectivity index (χ0n) is 18.7. The molecule has 0 bridgehead atoms. The molecule has 1 saturated heterocycles. The van der Waals surface area contributed by atoms with Gasteiger partial charge in [0.05, 0.1) is 12.5 Å². The van der Waals surface area contributed by atoms with Gasteiger partial charge in [-0.15, -0.1) is 0 Å². The van der Waals surface area contributed by atoms with Crippen LogP contribution in [0.3, 0.4) is 0 Å². The maximum absolute atomic E-state index is 15.6. The summed E-state index contributed by atoms with van der Waals surface area (Å²) in [6, 6.07) is 8.30. The smallest absolute Gasteiger partial charge is 0.266 e. The van der Waals surface area contributed by atoms with Gasteiger partial charge in [-0.2, -0.15) is 5.10 Å². The first-order valence-corrected chi connectivity index (χ1v) is 11.2. The molecule has 34 heavy (non-hydrogen) atoms. The maximum atomic E-state index is 15.6. The van der Waals surface area contributed by atoms with Crippen LogP contribution in [0.2, 0.25) is 0 Å². The van der Waals surface area contributed by atoms with Crippen LogP contribution in [-0.2, 0) is 7.05 Å². The molecule has 2 aliphatic rings. The number of alkyl halides is 2. The summed E-state index contributed by atoms with van der Waals surface area (Å²) >= 11 is 0. The fourth-order valence-electron chi connectivity index (χ4n) is 5.36. The number of Topliss-reactive ketones (excluding diaryl/α,β-unsaturated/α-hetero) is 1. The van der Waals surface area contributed by atoms with E-state index in [4.69, 9.17) is 0 Å². The van der Waals surface area contributed by atoms with E-state index in [1.807, 2.05) is 35.9 Å². The van der Waals surface area contributed by atoms with Gasteiger partial charge in [0.15, 0.2) is 5.78 Å². The highest BCUT2D eigenvalue weighted by Gasteiger charge is 2.46. The predicted octanol–water partition coefficient (Wildman–Crippen LogP) is 4.47. The van der Waals surface area contributed by atoms with Gasteiger partial charge >= 0.3 is 0 Å². The Bertz CT molecular complexity index is 1460. The molecule has 4 aromatic rings. The number of benzene rings is 1. The SMILES string of the molecule is Cc1c2c(nn1C)C(=O)C(c1ccn3ccnc3c1)C2c1ccc(N2CCC(F)(F)C2)cc1F. The van der Waals surface area contributed by atoms with Crippen LogP contribution in [0.1, 0.15) is 51.1 Å². The van der Waals surface area contributed by atoms with Crippen LogP contribution < -0.4 is 4.90 Å². The van der Waals surface area contributed by atoms with E-state index in [1.165, 1.54) is 11.0 Å². The molecule has 6 rings (SSSR count). The number of hydrogen-bond acceptors (Lipinski definition) is 4. The number of rotatable bonds is 3. The Labute approximate surface area is 193 Å². The number of imidazole rings is 1. The summed E-state index contributed by atoms with van der Waals surface area (Å²) in [6.07, 6.45) is 5.07. The lowest BCUT2D eigenvalue weighted by Gasteiger charge is -2.24. The maximum Gasteiger partial charge on any atom is 0.266 e. The number of aryl methyl sites for hydroxylation is 1. The number of anilines is 1. The molecule has 1 aromatic carbocycles. The number of carbonyl (C=O) groups excluding carboxylic acids is 1. The van der Waals surface area contributed by atoms with Crippen LogP contribution in [0, 0.1) is 12.7 Å². The zero-order chi connectivity index (χ0) is 23.8. The summed E-state index contributed by atoms with van der Waals surface area (Å²) in [5.41, 5.74) is 4.04. The quantitative estimate of drug-likeness (QED) is 0.448. The molecule has 1 aliphatic carbocycles. The van der Waals surface area contributed by atoms with E-state index in [-0.39, 0.29) is 18.7 Å². The Kier molecular flexibility index (Phi) is 4.43. The van der Waals surface area contributed by atoms with E-state index in [0.717, 1.165) is 11.3 Å². The van der Waals surface area contributed by atoms with Crippen molar-refractivity contribution in [1.29, 1.82) is 0 Å². The molecule has 0 saturated carbocycles. The van der Waals surface area contributed by atoms with Gasteiger partial charge in [-0.3, -0.25) is 9.48 Å². The minimum absolute atomic E-state index is 0.165. The van der Waals surface area contributed by atoms with Crippen LogP contribution in [0.4, 0.5) is 18.9 Å². The molecule has 9 heteroatoms. The van der Waals surface area contributed by atoms with Crippen LogP contribution in [0.15, 0.2) is 48.9 Å². The molecule has 0 spiro atoms. The lowest BCUT2D eigenvalue weighted by molar-refractivity contribution is 0.0257. The minimum Gasteiger partial charge on any atom is -0.365 e. The van der Waals surface area contributed by atoms with Crippen molar-refractivity contribution >= 4 is 17.1 Å². The molecule has 3 aromatic heterocycles. The third-order valence-corrected chi connectivity index (χ3v) is 7.18. The Balaban J connectivity index is 1.47. The third-order valence-electron chi connectivity index (χ3n) is 7.18. The van der Waals surface area contributed by atoms with E-state index in [9.17, 15) is 13.6 Å². The average molecular weight is 465 g/mol. The summed E-state index contributed by atoms with van der Waals surface area (Å²) in [7, 11) is 1.76. The molecule has 174 valence electrons. The van der Waals surface area contributed by atoms with E-state index < -0.39 is 30.1 Å². The molecular weight excluding hydrogens is 443 g/mol. The van der Waals surface area contributed by atoms with E-state index in [0.29, 0.717) is 28.2 Å². The van der Waals surface area contributed by atoms with E-state index in [1.54, 1.807) is 30.1 Å². The predicted molar refractivity (Wildman–Crippen MR) is 120 cm³/mol. The van der Waals surface area contributed by atoms with Crippen LogP contribution in [-0.4, -0.2) is 44.0 Å². The van der Waals surface area contributed by atoms with Crippen molar-refractivity contribution < 1.29 is 18.0 Å². The Morgan fingerprint density at radius 2 is 1.94 bits per heavy atom. The first-order chi connectivity index (χ1) is 16.2. The Morgan fingerprint density at radius 3 is 2.68 bits per heavy atom. The number of halogens is 3. The second-order valence-electron chi connectivity index (χ2n) is 9.18. The van der Waals surface area contributed by atoms with Crippen molar-refractivity contribution in [3.05, 3.63) is 82.8 Å². The summed E-state index contributed by atoms with van der Waals surface area (Å²) in [6.45, 7) is 1.61. The summed E-state index contributed by atoms with van der Waals surface area (Å²) in [5.74, 6) is -4.69. The van der Waals surface area contributed by atoms with Crippen molar-refractivity contribution in [3.8, 4) is 0 Å². The van der Waals surface area contributed by atoms with Gasteiger partial charge < -0.3 is 9.30 Å². The van der Waals surface area contributed by atoms with Crippen molar-refractivity contribution in [3.63, 3.8) is 0 Å².